The van der Waals surface area contributed by atoms with Crippen LogP contribution in [0.2, 0.25) is 18.1 Å². The number of ether oxygens (including phenoxy) is 5. The third-order valence-electron chi connectivity index (χ3n) is 8.50. The largest absolute Gasteiger partial charge is 0.509 e. The number of fused-ring (bicyclic) bond motifs is 1. The van der Waals surface area contributed by atoms with Gasteiger partial charge in [-0.15, -0.1) is 0 Å². The molecule has 1 aromatic rings. The van der Waals surface area contributed by atoms with E-state index in [0.29, 0.717) is 12.8 Å². The van der Waals surface area contributed by atoms with Crippen molar-refractivity contribution < 1.29 is 42.8 Å². The molecule has 1 saturated heterocycles. The van der Waals surface area contributed by atoms with Gasteiger partial charge in [0.2, 0.25) is 5.60 Å². The van der Waals surface area contributed by atoms with Crippen molar-refractivity contribution in [3.05, 3.63) is 35.9 Å². The van der Waals surface area contributed by atoms with Gasteiger partial charge in [-0.1, -0.05) is 57.5 Å². The molecule has 1 aliphatic heterocycles. The number of rotatable bonds is 6. The lowest BCUT2D eigenvalue weighted by Crippen LogP contribution is -2.69. The highest BCUT2D eigenvalue weighted by molar-refractivity contribution is 6.74. The zero-order chi connectivity index (χ0) is 27.8. The van der Waals surface area contributed by atoms with Gasteiger partial charge in [0.25, 0.3) is 0 Å². The fourth-order valence-electron chi connectivity index (χ4n) is 5.36. The molecule has 2 saturated carbocycles. The van der Waals surface area contributed by atoms with Crippen LogP contribution < -0.4 is 0 Å². The SMILES string of the molecule is COC(=O)[C@]1(O)C[C@H]2OC3(CCCCC3)O[C@H]2[C@H](O[Si](C)(C)C(C)(C)C)[C@@H]1OC(=O)OCc1ccccc1. The third kappa shape index (κ3) is 5.79. The van der Waals surface area contributed by atoms with E-state index >= 15 is 0 Å². The molecule has 0 radical (unpaired) electrons. The van der Waals surface area contributed by atoms with E-state index in [0.717, 1.165) is 24.8 Å². The number of methoxy groups -OCH3 is 1. The summed E-state index contributed by atoms with van der Waals surface area (Å²) in [6.07, 6.45) is -0.386. The predicted molar refractivity (Wildman–Crippen MR) is 141 cm³/mol. The fraction of sp³-hybridized carbons (Fsp3) is 0.714. The van der Waals surface area contributed by atoms with Crippen molar-refractivity contribution in [1.29, 1.82) is 0 Å². The van der Waals surface area contributed by atoms with Crippen molar-refractivity contribution in [2.24, 2.45) is 0 Å². The topological polar surface area (TPSA) is 110 Å². The van der Waals surface area contributed by atoms with Crippen LogP contribution in [0.25, 0.3) is 0 Å². The lowest BCUT2D eigenvalue weighted by molar-refractivity contribution is -0.216. The molecule has 0 aromatic heterocycles. The van der Waals surface area contributed by atoms with E-state index in [9.17, 15) is 14.7 Å². The van der Waals surface area contributed by atoms with Crippen LogP contribution in [0.15, 0.2) is 30.3 Å². The lowest BCUT2D eigenvalue weighted by atomic mass is 9.77. The average Bonchev–Trinajstić information content (AvgIpc) is 3.21. The average molecular weight is 551 g/mol. The molecule has 1 N–H and O–H groups in total. The predicted octanol–water partition coefficient (Wildman–Crippen LogP) is 4.85. The van der Waals surface area contributed by atoms with Crippen molar-refractivity contribution in [2.75, 3.05) is 7.11 Å². The summed E-state index contributed by atoms with van der Waals surface area (Å²) in [5.74, 6) is -1.73. The Morgan fingerprint density at radius 1 is 1.08 bits per heavy atom. The van der Waals surface area contributed by atoms with Crippen LogP contribution in [0.5, 0.6) is 0 Å². The van der Waals surface area contributed by atoms with E-state index in [-0.39, 0.29) is 18.1 Å². The Kier molecular flexibility index (Phi) is 8.31. The second-order valence-corrected chi connectivity index (χ2v) is 17.0. The molecule has 5 atom stereocenters. The molecule has 0 bridgehead atoms. The molecule has 1 aromatic carbocycles. The summed E-state index contributed by atoms with van der Waals surface area (Å²) < 4.78 is 36.0. The van der Waals surface area contributed by atoms with Gasteiger partial charge >= 0.3 is 12.1 Å². The molecule has 3 aliphatic rings. The van der Waals surface area contributed by atoms with Crippen molar-refractivity contribution in [2.45, 2.75) is 120 Å². The summed E-state index contributed by atoms with van der Waals surface area (Å²) in [5, 5.41) is 11.6. The molecule has 2 aliphatic carbocycles. The first kappa shape index (κ1) is 29.0. The summed E-state index contributed by atoms with van der Waals surface area (Å²) in [5.41, 5.74) is -1.43. The van der Waals surface area contributed by atoms with Crippen LogP contribution in [0, 0.1) is 0 Å². The number of carbonyl (C=O) groups excluding carboxylic acids is 2. The minimum absolute atomic E-state index is 0.0222. The molecule has 10 heteroatoms. The molecule has 212 valence electrons. The highest BCUT2D eigenvalue weighted by atomic mass is 28.4. The van der Waals surface area contributed by atoms with E-state index in [4.69, 9.17) is 28.1 Å². The van der Waals surface area contributed by atoms with Gasteiger partial charge in [-0.3, -0.25) is 0 Å². The normalized spacial score (nSPS) is 30.9. The molecular formula is C28H42O9Si. The quantitative estimate of drug-likeness (QED) is 0.392. The third-order valence-corrected chi connectivity index (χ3v) is 13.0. The second kappa shape index (κ2) is 10.9. The monoisotopic (exact) mass is 550 g/mol. The van der Waals surface area contributed by atoms with Crippen molar-refractivity contribution in [3.63, 3.8) is 0 Å². The maximum absolute atomic E-state index is 13.1. The molecule has 38 heavy (non-hydrogen) atoms. The number of aliphatic hydroxyl groups is 1. The molecule has 3 fully saturated rings. The summed E-state index contributed by atoms with van der Waals surface area (Å²) in [6.45, 7) is 10.4. The zero-order valence-corrected chi connectivity index (χ0v) is 24.4. The molecule has 1 spiro atoms. The van der Waals surface area contributed by atoms with Crippen LogP contribution in [0.1, 0.15) is 64.9 Å². The Labute approximate surface area is 226 Å². The van der Waals surface area contributed by atoms with Gasteiger partial charge in [0, 0.05) is 19.3 Å². The van der Waals surface area contributed by atoms with Gasteiger partial charge in [0.05, 0.1) is 13.2 Å². The smallest absolute Gasteiger partial charge is 0.467 e. The maximum Gasteiger partial charge on any atom is 0.509 e. The van der Waals surface area contributed by atoms with Crippen molar-refractivity contribution in [3.8, 4) is 0 Å². The Morgan fingerprint density at radius 3 is 2.34 bits per heavy atom. The zero-order valence-electron chi connectivity index (χ0n) is 23.4. The maximum atomic E-state index is 13.1. The number of esters is 1. The van der Waals surface area contributed by atoms with E-state index in [1.807, 2.05) is 30.3 Å². The van der Waals surface area contributed by atoms with Crippen LogP contribution in [-0.2, 0) is 39.5 Å². The molecule has 1 heterocycles. The van der Waals surface area contributed by atoms with Gasteiger partial charge in [-0.05, 0) is 36.5 Å². The Balaban J connectivity index is 1.67. The van der Waals surface area contributed by atoms with E-state index in [1.54, 1.807) is 0 Å². The highest BCUT2D eigenvalue weighted by Gasteiger charge is 2.66. The van der Waals surface area contributed by atoms with Gasteiger partial charge in [0.15, 0.2) is 20.2 Å². The molecular weight excluding hydrogens is 508 g/mol. The van der Waals surface area contributed by atoms with Crippen molar-refractivity contribution >= 4 is 20.4 Å². The van der Waals surface area contributed by atoms with Gasteiger partial charge in [0.1, 0.15) is 18.8 Å². The number of carbonyl (C=O) groups is 2. The molecule has 4 rings (SSSR count). The first-order chi connectivity index (χ1) is 17.8. The summed E-state index contributed by atoms with van der Waals surface area (Å²) >= 11 is 0. The molecule has 0 amide bonds. The minimum Gasteiger partial charge on any atom is -0.467 e. The Morgan fingerprint density at radius 2 is 1.74 bits per heavy atom. The van der Waals surface area contributed by atoms with Crippen LogP contribution in [-0.4, -0.2) is 68.5 Å². The Hall–Kier alpha value is -1.98. The lowest BCUT2D eigenvalue weighted by Gasteiger charge is -2.49. The van der Waals surface area contributed by atoms with E-state index in [1.165, 1.54) is 7.11 Å². The fourth-order valence-corrected chi connectivity index (χ4v) is 6.66. The molecule has 0 unspecified atom stereocenters. The number of benzene rings is 1. The highest BCUT2D eigenvalue weighted by Crippen LogP contribution is 2.50. The Bertz CT molecular complexity index is 986. The van der Waals surface area contributed by atoms with Crippen LogP contribution >= 0.6 is 0 Å². The minimum atomic E-state index is -2.52. The van der Waals surface area contributed by atoms with Crippen molar-refractivity contribution in [1.82, 2.24) is 0 Å². The number of hydrogen-bond acceptors (Lipinski definition) is 9. The van der Waals surface area contributed by atoms with E-state index < -0.39 is 56.2 Å². The standard InChI is InChI=1S/C28H42O9Si/c1-26(2,3)38(5,6)37-22-21-20(35-27(36-21)15-11-8-12-16-27)17-28(31,24(29)32-4)23(22)34-25(30)33-18-19-13-9-7-10-14-19/h7,9-10,13-14,20-23,31H,8,11-12,15-18H2,1-6H3/t20-,21-,22+,23+,28+/m1/s1. The van der Waals surface area contributed by atoms with Crippen LogP contribution in [0.3, 0.4) is 0 Å². The van der Waals surface area contributed by atoms with Gasteiger partial charge in [-0.25, -0.2) is 9.59 Å². The first-order valence-electron chi connectivity index (χ1n) is 13.5. The summed E-state index contributed by atoms with van der Waals surface area (Å²) in [4.78, 5) is 26.0. The van der Waals surface area contributed by atoms with Gasteiger partial charge in [-0.2, -0.15) is 0 Å². The summed E-state index contributed by atoms with van der Waals surface area (Å²) in [6, 6.07) is 9.17. The molecule has 9 nitrogen and oxygen atoms in total. The van der Waals surface area contributed by atoms with Crippen LogP contribution in [0.4, 0.5) is 4.79 Å². The summed E-state index contributed by atoms with van der Waals surface area (Å²) in [7, 11) is -1.33. The number of hydrogen-bond donors (Lipinski definition) is 1. The first-order valence-corrected chi connectivity index (χ1v) is 16.4. The second-order valence-electron chi connectivity index (χ2n) is 12.2. The van der Waals surface area contributed by atoms with Gasteiger partial charge < -0.3 is 33.2 Å². The van der Waals surface area contributed by atoms with E-state index in [2.05, 4.69) is 33.9 Å².